The smallest absolute Gasteiger partial charge is 0.220 e. The van der Waals surface area contributed by atoms with Crippen molar-refractivity contribution >= 4 is 11.8 Å². The van der Waals surface area contributed by atoms with E-state index in [2.05, 4.69) is 10.2 Å². The van der Waals surface area contributed by atoms with E-state index in [4.69, 9.17) is 9.47 Å². The molecular weight excluding hydrogens is 495 g/mol. The molecule has 0 amide bonds. The fourth-order valence-electron chi connectivity index (χ4n) is 3.74. The van der Waals surface area contributed by atoms with Gasteiger partial charge in [-0.05, 0) is 68.3 Å². The fraction of sp³-hybridized carbons (Fsp3) is 0.259. The van der Waals surface area contributed by atoms with Crippen molar-refractivity contribution in [3.05, 3.63) is 105 Å². The molecule has 37 heavy (non-hydrogen) atoms. The van der Waals surface area contributed by atoms with Gasteiger partial charge in [0.2, 0.25) is 6.54 Å². The molecule has 0 aliphatic heterocycles. The lowest BCUT2D eigenvalue weighted by Gasteiger charge is -2.17. The first-order chi connectivity index (χ1) is 17.8. The second-order valence-corrected chi connectivity index (χ2v) is 9.55. The van der Waals surface area contributed by atoms with Crippen LogP contribution in [0.25, 0.3) is 5.69 Å². The average Bonchev–Trinajstić information content (AvgIpc) is 3.24. The van der Waals surface area contributed by atoms with Crippen LogP contribution in [0.15, 0.2) is 71.9 Å². The van der Waals surface area contributed by atoms with Crippen LogP contribution in [0.4, 0.5) is 4.39 Å². The molecule has 0 fully saturated rings. The molecule has 0 saturated heterocycles. The van der Waals surface area contributed by atoms with Crippen LogP contribution in [-0.2, 0) is 6.61 Å². The lowest BCUT2D eigenvalue weighted by atomic mass is 10.1. The van der Waals surface area contributed by atoms with Crippen LogP contribution in [0.1, 0.15) is 34.7 Å². The summed E-state index contributed by atoms with van der Waals surface area (Å²) in [5, 5.41) is 19.9. The number of nitro groups is 1. The summed E-state index contributed by atoms with van der Waals surface area (Å²) in [6, 6.07) is 19.4. The van der Waals surface area contributed by atoms with Crippen LogP contribution in [-0.4, -0.2) is 32.8 Å². The second kappa shape index (κ2) is 11.9. The van der Waals surface area contributed by atoms with Gasteiger partial charge in [0, 0.05) is 10.6 Å². The Morgan fingerprint density at radius 1 is 1.00 bits per heavy atom. The van der Waals surface area contributed by atoms with E-state index < -0.39 is 5.25 Å². The summed E-state index contributed by atoms with van der Waals surface area (Å²) in [5.41, 5.74) is 3.55. The van der Waals surface area contributed by atoms with Gasteiger partial charge in [0.1, 0.15) is 23.5 Å². The van der Waals surface area contributed by atoms with Crippen molar-refractivity contribution in [3.8, 4) is 17.2 Å². The Balaban J connectivity index is 1.61. The molecule has 1 heterocycles. The summed E-state index contributed by atoms with van der Waals surface area (Å²) in [6.07, 6.45) is 0. The third-order valence-corrected chi connectivity index (χ3v) is 6.78. The normalized spacial score (nSPS) is 11.8. The molecular formula is C27H27FN4O4S. The van der Waals surface area contributed by atoms with E-state index in [0.29, 0.717) is 46.9 Å². The Morgan fingerprint density at radius 2 is 1.73 bits per heavy atom. The van der Waals surface area contributed by atoms with Crippen LogP contribution in [0.5, 0.6) is 11.5 Å². The van der Waals surface area contributed by atoms with Gasteiger partial charge in [0.25, 0.3) is 0 Å². The van der Waals surface area contributed by atoms with Gasteiger partial charge >= 0.3 is 0 Å². The zero-order valence-corrected chi connectivity index (χ0v) is 21.6. The molecule has 0 N–H and O–H groups in total. The van der Waals surface area contributed by atoms with Gasteiger partial charge in [-0.15, -0.1) is 10.2 Å². The molecule has 192 valence electrons. The highest BCUT2D eigenvalue weighted by Gasteiger charge is 2.25. The molecule has 8 nitrogen and oxygen atoms in total. The van der Waals surface area contributed by atoms with Crippen molar-refractivity contribution in [1.29, 1.82) is 0 Å². The minimum Gasteiger partial charge on any atom is -0.490 e. The lowest BCUT2D eigenvalue weighted by molar-refractivity contribution is -0.479. The number of ether oxygens (including phenoxy) is 2. The third kappa shape index (κ3) is 6.65. The summed E-state index contributed by atoms with van der Waals surface area (Å²) in [7, 11) is 0. The first-order valence-corrected chi connectivity index (χ1v) is 12.6. The minimum atomic E-state index is -0.580. The van der Waals surface area contributed by atoms with Crippen molar-refractivity contribution in [2.75, 3.05) is 13.2 Å². The quantitative estimate of drug-likeness (QED) is 0.133. The number of hydrogen-bond acceptors (Lipinski definition) is 7. The van der Waals surface area contributed by atoms with Crippen molar-refractivity contribution in [1.82, 2.24) is 14.8 Å². The van der Waals surface area contributed by atoms with E-state index in [0.717, 1.165) is 5.56 Å². The van der Waals surface area contributed by atoms with E-state index in [1.165, 1.54) is 29.5 Å². The van der Waals surface area contributed by atoms with Gasteiger partial charge < -0.3 is 9.47 Å². The Bertz CT molecular complexity index is 1360. The lowest BCUT2D eigenvalue weighted by Crippen LogP contribution is -2.11. The van der Waals surface area contributed by atoms with Crippen molar-refractivity contribution in [3.63, 3.8) is 0 Å². The van der Waals surface area contributed by atoms with Crippen molar-refractivity contribution < 1.29 is 18.8 Å². The van der Waals surface area contributed by atoms with E-state index in [-0.39, 0.29) is 17.3 Å². The number of aromatic nitrogens is 3. The zero-order valence-electron chi connectivity index (χ0n) is 20.8. The number of hydrogen-bond donors (Lipinski definition) is 0. The largest absolute Gasteiger partial charge is 0.490 e. The molecule has 4 rings (SSSR count). The molecule has 10 heteroatoms. The SMILES string of the molecule is CCOc1cc([C@@H](C[N+](=O)[O-])Sc2nnc(C)n2-c2ccc(F)cc2)ccc1OCc1ccc(C)cc1. The first-order valence-electron chi connectivity index (χ1n) is 11.8. The van der Waals surface area contributed by atoms with Crippen LogP contribution >= 0.6 is 11.8 Å². The maximum Gasteiger partial charge on any atom is 0.220 e. The summed E-state index contributed by atoms with van der Waals surface area (Å²) >= 11 is 1.22. The van der Waals surface area contributed by atoms with E-state index >= 15 is 0 Å². The highest BCUT2D eigenvalue weighted by Crippen LogP contribution is 2.39. The van der Waals surface area contributed by atoms with Gasteiger partial charge in [-0.25, -0.2) is 4.39 Å². The molecule has 0 bridgehead atoms. The highest BCUT2D eigenvalue weighted by atomic mass is 32.2. The topological polar surface area (TPSA) is 92.3 Å². The zero-order chi connectivity index (χ0) is 26.4. The minimum absolute atomic E-state index is 0.338. The van der Waals surface area contributed by atoms with Crippen molar-refractivity contribution in [2.45, 2.75) is 37.8 Å². The van der Waals surface area contributed by atoms with Crippen LogP contribution in [0.2, 0.25) is 0 Å². The predicted octanol–water partition coefficient (Wildman–Crippen LogP) is 6.11. The van der Waals surface area contributed by atoms with Gasteiger partial charge in [-0.3, -0.25) is 14.7 Å². The van der Waals surface area contributed by atoms with Gasteiger partial charge in [0.15, 0.2) is 16.7 Å². The maximum absolute atomic E-state index is 13.5. The number of benzene rings is 3. The van der Waals surface area contributed by atoms with E-state index in [1.807, 2.05) is 38.1 Å². The molecule has 0 spiro atoms. The summed E-state index contributed by atoms with van der Waals surface area (Å²) in [4.78, 5) is 11.2. The molecule has 0 unspecified atom stereocenters. The first kappa shape index (κ1) is 26.2. The summed E-state index contributed by atoms with van der Waals surface area (Å²) in [5.74, 6) is 1.30. The summed E-state index contributed by atoms with van der Waals surface area (Å²) < 4.78 is 27.1. The predicted molar refractivity (Wildman–Crippen MR) is 140 cm³/mol. The Kier molecular flexibility index (Phi) is 8.39. The standard InChI is InChI=1S/C27H27FN4O4S/c1-4-35-25-15-21(9-14-24(25)36-17-20-7-5-18(2)6-8-20)26(16-31(33)34)37-27-30-29-19(3)32(27)23-12-10-22(28)11-13-23/h5-15,26H,4,16-17H2,1-3H3/t26-/m1/s1. The van der Waals surface area contributed by atoms with Gasteiger partial charge in [0.05, 0.1) is 6.61 Å². The molecule has 1 aromatic heterocycles. The molecule has 3 aromatic carbocycles. The number of nitrogens with zero attached hydrogens (tertiary/aromatic N) is 4. The molecule has 1 atom stereocenters. The Hall–Kier alpha value is -3.92. The molecule has 0 aliphatic carbocycles. The fourth-order valence-corrected chi connectivity index (χ4v) is 4.90. The molecule has 0 saturated carbocycles. The molecule has 4 aromatic rings. The van der Waals surface area contributed by atoms with Crippen molar-refractivity contribution in [2.24, 2.45) is 0 Å². The van der Waals surface area contributed by atoms with E-state index in [9.17, 15) is 14.5 Å². The van der Waals surface area contributed by atoms with Gasteiger partial charge in [-0.1, -0.05) is 47.7 Å². The molecule has 0 aliphatic rings. The third-order valence-electron chi connectivity index (χ3n) is 5.60. The Morgan fingerprint density at radius 3 is 2.41 bits per heavy atom. The molecule has 0 radical (unpaired) electrons. The number of thioether (sulfide) groups is 1. The maximum atomic E-state index is 13.5. The van der Waals surface area contributed by atoms with Crippen LogP contribution in [0, 0.1) is 29.8 Å². The number of halogens is 1. The second-order valence-electron chi connectivity index (χ2n) is 8.38. The Labute approximate surface area is 218 Å². The average molecular weight is 523 g/mol. The van der Waals surface area contributed by atoms with Crippen LogP contribution < -0.4 is 9.47 Å². The summed E-state index contributed by atoms with van der Waals surface area (Å²) in [6.45, 7) is 6.11. The van der Waals surface area contributed by atoms with E-state index in [1.54, 1.807) is 41.8 Å². The van der Waals surface area contributed by atoms with Crippen LogP contribution in [0.3, 0.4) is 0 Å². The number of rotatable bonds is 11. The van der Waals surface area contributed by atoms with Gasteiger partial charge in [-0.2, -0.15) is 0 Å². The monoisotopic (exact) mass is 522 g/mol. The highest BCUT2D eigenvalue weighted by molar-refractivity contribution is 7.99. The number of aryl methyl sites for hydroxylation is 2.